The largest absolute Gasteiger partial charge is 0.435 e. The van der Waals surface area contributed by atoms with E-state index in [9.17, 15) is 32.5 Å². The molecule has 0 unspecified atom stereocenters. The summed E-state index contributed by atoms with van der Waals surface area (Å²) in [5.41, 5.74) is -2.02. The summed E-state index contributed by atoms with van der Waals surface area (Å²) < 4.78 is 54.2. The van der Waals surface area contributed by atoms with Crippen molar-refractivity contribution < 1.29 is 27.3 Å². The molecule has 0 aliphatic carbocycles. The Morgan fingerprint density at radius 3 is 2.50 bits per heavy atom. The van der Waals surface area contributed by atoms with Crippen molar-refractivity contribution in [2.24, 2.45) is 0 Å². The predicted octanol–water partition coefficient (Wildman–Crippen LogP) is 5.51. The third-order valence-electron chi connectivity index (χ3n) is 4.00. The first kappa shape index (κ1) is 21.4. The maximum atomic E-state index is 13.8. The van der Waals surface area contributed by atoms with Crippen LogP contribution in [0.2, 0.25) is 0 Å². The van der Waals surface area contributed by atoms with Crippen LogP contribution < -0.4 is 5.32 Å². The zero-order valence-corrected chi connectivity index (χ0v) is 16.3. The molecule has 0 aliphatic heterocycles. The van der Waals surface area contributed by atoms with Crippen molar-refractivity contribution in [3.63, 3.8) is 0 Å². The Morgan fingerprint density at radius 1 is 1.27 bits per heavy atom. The second kappa shape index (κ2) is 7.86. The van der Waals surface area contributed by atoms with E-state index < -0.39 is 40.2 Å². The van der Waals surface area contributed by atoms with Gasteiger partial charge in [0.1, 0.15) is 10.7 Å². The first-order valence-electron chi connectivity index (χ1n) is 8.50. The van der Waals surface area contributed by atoms with E-state index in [2.05, 4.69) is 10.4 Å². The molecular formula is C18H14F4N4O3S. The normalized spacial score (nSPS) is 11.7. The monoisotopic (exact) mass is 442 g/mol. The van der Waals surface area contributed by atoms with Crippen LogP contribution in [0.25, 0.3) is 10.6 Å². The number of carbonyl (C=O) groups excluding carboxylic acids is 1. The topological polar surface area (TPSA) is 90.1 Å². The van der Waals surface area contributed by atoms with Crippen LogP contribution in [0, 0.1) is 15.9 Å². The number of hydrogen-bond acceptors (Lipinski definition) is 5. The fraction of sp³-hybridized carbons (Fsp3) is 0.222. The number of aromatic nitrogens is 2. The Morgan fingerprint density at radius 2 is 1.93 bits per heavy atom. The lowest BCUT2D eigenvalue weighted by Crippen LogP contribution is -2.11. The molecule has 0 aliphatic rings. The standard InChI is InChI=1S/C18H14F4N4O3S/c1-9(2)25-12(8-15(24-25)18(20,21)22)16-13(26(28)29)7-14(30-16)17(27)23-11-6-4-3-5-10(11)19/h3-9H,1-2H3,(H,23,27). The number of halogens is 4. The van der Waals surface area contributed by atoms with E-state index >= 15 is 0 Å². The van der Waals surface area contributed by atoms with Gasteiger partial charge >= 0.3 is 6.18 Å². The van der Waals surface area contributed by atoms with E-state index in [0.29, 0.717) is 17.4 Å². The van der Waals surface area contributed by atoms with Gasteiger partial charge in [-0.25, -0.2) is 4.39 Å². The van der Waals surface area contributed by atoms with Gasteiger partial charge in [-0.15, -0.1) is 11.3 Å². The zero-order chi connectivity index (χ0) is 22.2. The quantitative estimate of drug-likeness (QED) is 0.320. The molecule has 2 aromatic heterocycles. The number of nitro groups is 1. The summed E-state index contributed by atoms with van der Waals surface area (Å²) in [4.78, 5) is 22.9. The molecule has 0 spiro atoms. The number of nitrogens with one attached hydrogen (secondary N) is 1. The van der Waals surface area contributed by atoms with Crippen molar-refractivity contribution in [2.45, 2.75) is 26.1 Å². The highest BCUT2D eigenvalue weighted by atomic mass is 32.1. The number of anilines is 1. The van der Waals surface area contributed by atoms with Crippen LogP contribution in [-0.4, -0.2) is 20.6 Å². The van der Waals surface area contributed by atoms with Crippen molar-refractivity contribution in [2.75, 3.05) is 5.32 Å². The van der Waals surface area contributed by atoms with Crippen LogP contribution >= 0.6 is 11.3 Å². The van der Waals surface area contributed by atoms with Crippen LogP contribution in [0.15, 0.2) is 36.4 Å². The molecule has 0 bridgehead atoms. The minimum absolute atomic E-state index is 0.133. The molecule has 0 saturated heterocycles. The SMILES string of the molecule is CC(C)n1nc(C(F)(F)F)cc1-c1sc(C(=O)Nc2ccccc2F)cc1[N+](=O)[O-]. The minimum atomic E-state index is -4.74. The van der Waals surface area contributed by atoms with E-state index in [4.69, 9.17) is 0 Å². The number of benzene rings is 1. The van der Waals surface area contributed by atoms with Crippen LogP contribution in [0.1, 0.15) is 35.3 Å². The maximum Gasteiger partial charge on any atom is 0.435 e. The van der Waals surface area contributed by atoms with Gasteiger partial charge in [-0.3, -0.25) is 19.6 Å². The average molecular weight is 442 g/mol. The fourth-order valence-electron chi connectivity index (χ4n) is 2.66. The molecule has 3 rings (SSSR count). The highest BCUT2D eigenvalue weighted by Gasteiger charge is 2.37. The Bertz CT molecular complexity index is 1120. The molecule has 7 nitrogen and oxygen atoms in total. The summed E-state index contributed by atoms with van der Waals surface area (Å²) in [5.74, 6) is -1.53. The van der Waals surface area contributed by atoms with Gasteiger partial charge in [0.25, 0.3) is 11.6 Å². The number of para-hydroxylation sites is 1. The van der Waals surface area contributed by atoms with Crippen LogP contribution in [-0.2, 0) is 6.18 Å². The molecule has 1 N–H and O–H groups in total. The van der Waals surface area contributed by atoms with Crippen molar-refractivity contribution in [3.8, 4) is 10.6 Å². The van der Waals surface area contributed by atoms with Gasteiger partial charge in [-0.05, 0) is 32.0 Å². The maximum absolute atomic E-state index is 13.8. The van der Waals surface area contributed by atoms with Gasteiger partial charge in [0.2, 0.25) is 0 Å². The number of carbonyl (C=O) groups is 1. The minimum Gasteiger partial charge on any atom is -0.319 e. The number of alkyl halides is 3. The lowest BCUT2D eigenvalue weighted by molar-refractivity contribution is -0.383. The van der Waals surface area contributed by atoms with E-state index in [1.54, 1.807) is 13.8 Å². The number of rotatable bonds is 5. The van der Waals surface area contributed by atoms with Gasteiger partial charge < -0.3 is 5.32 Å². The summed E-state index contributed by atoms with van der Waals surface area (Å²) in [6, 6.07) is 6.45. The lowest BCUT2D eigenvalue weighted by atomic mass is 10.2. The van der Waals surface area contributed by atoms with Gasteiger partial charge in [-0.1, -0.05) is 12.1 Å². The molecular weight excluding hydrogens is 428 g/mol. The van der Waals surface area contributed by atoms with Crippen molar-refractivity contribution in [3.05, 3.63) is 62.9 Å². The molecule has 3 aromatic rings. The fourth-order valence-corrected chi connectivity index (χ4v) is 3.68. The number of nitrogens with zero attached hydrogens (tertiary/aromatic N) is 3. The average Bonchev–Trinajstić information content (AvgIpc) is 3.27. The lowest BCUT2D eigenvalue weighted by Gasteiger charge is -2.09. The van der Waals surface area contributed by atoms with Gasteiger partial charge in [0.05, 0.1) is 21.2 Å². The summed E-state index contributed by atoms with van der Waals surface area (Å²) in [6.45, 7) is 3.14. The molecule has 2 heterocycles. The molecule has 30 heavy (non-hydrogen) atoms. The van der Waals surface area contributed by atoms with E-state index in [0.717, 1.165) is 16.8 Å². The second-order valence-electron chi connectivity index (χ2n) is 6.47. The number of hydrogen-bond donors (Lipinski definition) is 1. The molecule has 1 aromatic carbocycles. The van der Waals surface area contributed by atoms with Crippen molar-refractivity contribution in [1.82, 2.24) is 9.78 Å². The Labute approximate surface area is 171 Å². The number of thiophene rings is 1. The first-order chi connectivity index (χ1) is 14.0. The van der Waals surface area contributed by atoms with E-state index in [1.807, 2.05) is 0 Å². The van der Waals surface area contributed by atoms with Crippen LogP contribution in [0.3, 0.4) is 0 Å². The Balaban J connectivity index is 2.08. The highest BCUT2D eigenvalue weighted by Crippen LogP contribution is 2.41. The molecule has 158 valence electrons. The van der Waals surface area contributed by atoms with Crippen molar-refractivity contribution in [1.29, 1.82) is 0 Å². The molecule has 0 saturated carbocycles. The highest BCUT2D eigenvalue weighted by molar-refractivity contribution is 7.18. The third-order valence-corrected chi connectivity index (χ3v) is 5.15. The molecule has 0 fully saturated rings. The zero-order valence-electron chi connectivity index (χ0n) is 15.5. The Hall–Kier alpha value is -3.28. The molecule has 1 amide bonds. The van der Waals surface area contributed by atoms with Gasteiger partial charge in [-0.2, -0.15) is 18.3 Å². The smallest absolute Gasteiger partial charge is 0.319 e. The molecule has 0 atom stereocenters. The first-order valence-corrected chi connectivity index (χ1v) is 9.32. The van der Waals surface area contributed by atoms with Crippen molar-refractivity contribution >= 4 is 28.6 Å². The Kier molecular flexibility index (Phi) is 5.61. The van der Waals surface area contributed by atoms with Crippen LogP contribution in [0.4, 0.5) is 28.9 Å². The summed E-state index contributed by atoms with van der Waals surface area (Å²) in [7, 11) is 0. The van der Waals surface area contributed by atoms with Gasteiger partial charge in [0.15, 0.2) is 5.69 Å². The molecule has 12 heteroatoms. The number of amides is 1. The molecule has 0 radical (unpaired) electrons. The van der Waals surface area contributed by atoms with Gasteiger partial charge in [0, 0.05) is 12.1 Å². The summed E-state index contributed by atoms with van der Waals surface area (Å²) in [5, 5.41) is 17.3. The van der Waals surface area contributed by atoms with Crippen LogP contribution in [0.5, 0.6) is 0 Å². The summed E-state index contributed by atoms with van der Waals surface area (Å²) in [6.07, 6.45) is -4.74. The second-order valence-corrected chi connectivity index (χ2v) is 7.52. The van der Waals surface area contributed by atoms with E-state index in [-0.39, 0.29) is 21.1 Å². The third kappa shape index (κ3) is 4.17. The summed E-state index contributed by atoms with van der Waals surface area (Å²) >= 11 is 0.625. The van der Waals surface area contributed by atoms with E-state index in [1.165, 1.54) is 18.2 Å². The predicted molar refractivity (Wildman–Crippen MR) is 102 cm³/mol.